The number of carboxylic acid groups (broad SMARTS) is 1. The van der Waals surface area contributed by atoms with E-state index in [0.717, 1.165) is 0 Å². The molecule has 0 saturated carbocycles. The normalized spacial score (nSPS) is 27.4. The first kappa shape index (κ1) is 20.5. The van der Waals surface area contributed by atoms with Gasteiger partial charge in [-0.15, -0.1) is 0 Å². The molecule has 9 heteroatoms. The summed E-state index contributed by atoms with van der Waals surface area (Å²) in [7, 11) is 0. The molecule has 28 heavy (non-hydrogen) atoms. The Balaban J connectivity index is 1.84. The minimum atomic E-state index is -1.57. The molecule has 1 saturated heterocycles. The number of hydrogen-bond donors (Lipinski definition) is 5. The fourth-order valence-electron chi connectivity index (χ4n) is 2.87. The highest BCUT2D eigenvalue weighted by Crippen LogP contribution is 2.33. The first-order valence-corrected chi connectivity index (χ1v) is 8.80. The highest BCUT2D eigenvalue weighted by atomic mass is 35.5. The molecule has 1 aliphatic heterocycles. The molecule has 2 aromatic rings. The molecule has 2 aromatic carbocycles. The van der Waals surface area contributed by atoms with Crippen LogP contribution in [0.4, 0.5) is 0 Å². The van der Waals surface area contributed by atoms with Crippen LogP contribution >= 0.6 is 11.6 Å². The van der Waals surface area contributed by atoms with Crippen molar-refractivity contribution in [1.82, 2.24) is 0 Å². The van der Waals surface area contributed by atoms with Crippen molar-refractivity contribution in [3.8, 4) is 16.9 Å². The maximum atomic E-state index is 11.0. The van der Waals surface area contributed by atoms with Crippen molar-refractivity contribution >= 4 is 17.6 Å². The van der Waals surface area contributed by atoms with Gasteiger partial charge in [-0.05, 0) is 35.4 Å². The second-order valence-electron chi connectivity index (χ2n) is 6.34. The number of carboxylic acids is 1. The van der Waals surface area contributed by atoms with Crippen LogP contribution in [0.2, 0.25) is 5.02 Å². The molecule has 150 valence electrons. The Morgan fingerprint density at radius 2 is 1.64 bits per heavy atom. The first-order chi connectivity index (χ1) is 13.3. The van der Waals surface area contributed by atoms with Gasteiger partial charge in [0, 0.05) is 0 Å². The molecular formula is C19H19ClO8. The lowest BCUT2D eigenvalue weighted by Gasteiger charge is -2.39. The Morgan fingerprint density at radius 3 is 2.25 bits per heavy atom. The molecule has 1 heterocycles. The zero-order valence-corrected chi connectivity index (χ0v) is 15.2. The lowest BCUT2D eigenvalue weighted by molar-refractivity contribution is -0.277. The average Bonchev–Trinajstić information content (AvgIpc) is 2.70. The molecule has 0 aliphatic carbocycles. The second-order valence-corrected chi connectivity index (χ2v) is 6.75. The lowest BCUT2D eigenvalue weighted by Crippen LogP contribution is -2.60. The summed E-state index contributed by atoms with van der Waals surface area (Å²) in [6.07, 6.45) is -7.09. The van der Waals surface area contributed by atoms with Crippen molar-refractivity contribution in [2.24, 2.45) is 0 Å². The van der Waals surface area contributed by atoms with Gasteiger partial charge in [0.05, 0.1) is 17.2 Å². The van der Waals surface area contributed by atoms with Crippen molar-refractivity contribution in [3.05, 3.63) is 53.1 Å². The quantitative estimate of drug-likeness (QED) is 0.490. The molecule has 0 radical (unpaired) electrons. The molecule has 3 rings (SSSR count). The van der Waals surface area contributed by atoms with E-state index in [1.807, 2.05) is 0 Å². The maximum Gasteiger partial charge on any atom is 0.335 e. The van der Waals surface area contributed by atoms with Gasteiger partial charge in [0.1, 0.15) is 30.2 Å². The van der Waals surface area contributed by atoms with E-state index >= 15 is 0 Å². The van der Waals surface area contributed by atoms with Crippen LogP contribution in [0.1, 0.15) is 10.4 Å². The molecular weight excluding hydrogens is 392 g/mol. The van der Waals surface area contributed by atoms with Crippen molar-refractivity contribution in [2.75, 3.05) is 6.61 Å². The van der Waals surface area contributed by atoms with Gasteiger partial charge in [0.15, 0.2) is 0 Å². The minimum absolute atomic E-state index is 0.144. The van der Waals surface area contributed by atoms with Gasteiger partial charge in [0.25, 0.3) is 0 Å². The van der Waals surface area contributed by atoms with Crippen molar-refractivity contribution in [3.63, 3.8) is 0 Å². The highest BCUT2D eigenvalue weighted by molar-refractivity contribution is 6.32. The van der Waals surface area contributed by atoms with Gasteiger partial charge >= 0.3 is 5.97 Å². The summed E-state index contributed by atoms with van der Waals surface area (Å²) in [6, 6.07) is 11.0. The predicted molar refractivity (Wildman–Crippen MR) is 98.2 cm³/mol. The van der Waals surface area contributed by atoms with Gasteiger partial charge in [-0.25, -0.2) is 4.79 Å². The van der Waals surface area contributed by atoms with E-state index in [1.165, 1.54) is 12.1 Å². The first-order valence-electron chi connectivity index (χ1n) is 8.42. The Bertz CT molecular complexity index is 838. The van der Waals surface area contributed by atoms with E-state index in [2.05, 4.69) is 0 Å². The maximum absolute atomic E-state index is 11.0. The number of rotatable bonds is 5. The number of aromatic carboxylic acids is 1. The van der Waals surface area contributed by atoms with Crippen LogP contribution in [0.25, 0.3) is 11.1 Å². The molecule has 5 N–H and O–H groups in total. The van der Waals surface area contributed by atoms with E-state index < -0.39 is 43.3 Å². The van der Waals surface area contributed by atoms with Crippen LogP contribution in [-0.2, 0) is 4.74 Å². The Morgan fingerprint density at radius 1 is 1.00 bits per heavy atom. The topological polar surface area (TPSA) is 137 Å². The van der Waals surface area contributed by atoms with Gasteiger partial charge in [-0.1, -0.05) is 29.8 Å². The zero-order chi connectivity index (χ0) is 20.4. The predicted octanol–water partition coefficient (Wildman–Crippen LogP) is 0.884. The third-order valence-corrected chi connectivity index (χ3v) is 4.80. The Labute approximate surface area is 165 Å². The summed E-state index contributed by atoms with van der Waals surface area (Å²) in [4.78, 5) is 11.0. The molecule has 0 amide bonds. The molecule has 0 aromatic heterocycles. The van der Waals surface area contributed by atoms with Crippen molar-refractivity contribution in [1.29, 1.82) is 0 Å². The standard InChI is InChI=1S/C19H19ClO8/c20-12-6-5-11(9-1-3-10(4-2-9)18(25)26)7-13(12)27-19-17(24)16(23)15(22)14(8-21)28-19/h1-7,14-17,19,21-24H,8H2,(H,25,26)/t14-,15-,16+,17+,19+/m1/s1. The highest BCUT2D eigenvalue weighted by Gasteiger charge is 2.44. The molecule has 1 aliphatic rings. The van der Waals surface area contributed by atoms with Gasteiger partial charge in [0.2, 0.25) is 6.29 Å². The number of hydrogen-bond acceptors (Lipinski definition) is 7. The summed E-state index contributed by atoms with van der Waals surface area (Å²) in [5, 5.41) is 48.3. The molecule has 8 nitrogen and oxygen atoms in total. The van der Waals surface area contributed by atoms with Crippen LogP contribution in [0.3, 0.4) is 0 Å². The van der Waals surface area contributed by atoms with E-state index in [0.29, 0.717) is 11.1 Å². The lowest BCUT2D eigenvalue weighted by atomic mass is 9.99. The number of ether oxygens (including phenoxy) is 2. The summed E-state index contributed by atoms with van der Waals surface area (Å²) < 4.78 is 10.9. The van der Waals surface area contributed by atoms with Gasteiger partial charge in [-0.2, -0.15) is 0 Å². The van der Waals surface area contributed by atoms with Crippen LogP contribution in [0.15, 0.2) is 42.5 Å². The minimum Gasteiger partial charge on any atom is -0.478 e. The van der Waals surface area contributed by atoms with Crippen molar-refractivity contribution < 1.29 is 39.8 Å². The zero-order valence-electron chi connectivity index (χ0n) is 14.5. The molecule has 5 atom stereocenters. The van der Waals surface area contributed by atoms with E-state index in [4.69, 9.17) is 26.2 Å². The molecule has 0 bridgehead atoms. The van der Waals surface area contributed by atoms with E-state index in [-0.39, 0.29) is 16.3 Å². The number of aliphatic hydroxyl groups is 4. The van der Waals surface area contributed by atoms with Crippen LogP contribution in [-0.4, -0.2) is 68.8 Å². The van der Waals surface area contributed by atoms with Crippen LogP contribution < -0.4 is 4.74 Å². The monoisotopic (exact) mass is 410 g/mol. The third kappa shape index (κ3) is 4.12. The van der Waals surface area contributed by atoms with Gasteiger partial charge < -0.3 is 35.0 Å². The van der Waals surface area contributed by atoms with E-state index in [1.54, 1.807) is 30.3 Å². The number of aliphatic hydroxyl groups excluding tert-OH is 4. The van der Waals surface area contributed by atoms with Crippen LogP contribution in [0, 0.1) is 0 Å². The summed E-state index contributed by atoms with van der Waals surface area (Å²) >= 11 is 6.15. The Hall–Kier alpha value is -2.20. The molecule has 0 spiro atoms. The van der Waals surface area contributed by atoms with Gasteiger partial charge in [-0.3, -0.25) is 0 Å². The summed E-state index contributed by atoms with van der Waals surface area (Å²) in [5.74, 6) is -0.889. The summed E-state index contributed by atoms with van der Waals surface area (Å²) in [6.45, 7) is -0.575. The summed E-state index contributed by atoms with van der Waals surface area (Å²) in [5.41, 5.74) is 1.52. The third-order valence-electron chi connectivity index (χ3n) is 4.49. The fraction of sp³-hybridized carbons (Fsp3) is 0.316. The fourth-order valence-corrected chi connectivity index (χ4v) is 3.03. The Kier molecular flexibility index (Phi) is 6.19. The molecule has 0 unspecified atom stereocenters. The average molecular weight is 411 g/mol. The largest absolute Gasteiger partial charge is 0.478 e. The number of carbonyl (C=O) groups is 1. The number of halogens is 1. The second kappa shape index (κ2) is 8.44. The van der Waals surface area contributed by atoms with Crippen LogP contribution in [0.5, 0.6) is 5.75 Å². The SMILES string of the molecule is O=C(O)c1ccc(-c2ccc(Cl)c(O[C@H]3O[C@H](CO)[C@@H](O)[C@H](O)[C@@H]3O)c2)cc1. The van der Waals surface area contributed by atoms with E-state index in [9.17, 15) is 25.2 Å². The smallest absolute Gasteiger partial charge is 0.335 e. The number of benzene rings is 2. The molecule has 1 fully saturated rings. The van der Waals surface area contributed by atoms with Crippen molar-refractivity contribution in [2.45, 2.75) is 30.7 Å².